The van der Waals surface area contributed by atoms with E-state index in [4.69, 9.17) is 4.98 Å². The minimum Gasteiger partial charge on any atom is -0.341 e. The summed E-state index contributed by atoms with van der Waals surface area (Å²) in [6, 6.07) is 7.71. The number of nitrogens with zero attached hydrogens (tertiary/aromatic N) is 6. The fourth-order valence-corrected chi connectivity index (χ4v) is 5.23. The van der Waals surface area contributed by atoms with E-state index in [0.717, 1.165) is 39.5 Å². The van der Waals surface area contributed by atoms with Crippen molar-refractivity contribution in [3.8, 4) is 22.8 Å². The molecule has 0 bridgehead atoms. The van der Waals surface area contributed by atoms with Crippen LogP contribution < -0.4 is 5.32 Å². The lowest BCUT2D eigenvalue weighted by molar-refractivity contribution is -0.147. The summed E-state index contributed by atoms with van der Waals surface area (Å²) in [5, 5.41) is 15.3. The Hall–Kier alpha value is -3.93. The number of alkyl halides is 3. The zero-order valence-corrected chi connectivity index (χ0v) is 22.0. The second kappa shape index (κ2) is 9.67. The number of hydrogen-bond acceptors (Lipinski definition) is 6. The predicted molar refractivity (Wildman–Crippen MR) is 141 cm³/mol. The van der Waals surface area contributed by atoms with E-state index in [1.54, 1.807) is 4.68 Å². The third kappa shape index (κ3) is 5.33. The van der Waals surface area contributed by atoms with Gasteiger partial charge in [0, 0.05) is 54.6 Å². The Kier molecular flexibility index (Phi) is 6.29. The van der Waals surface area contributed by atoms with Gasteiger partial charge in [-0.15, -0.1) is 5.10 Å². The van der Waals surface area contributed by atoms with Crippen molar-refractivity contribution in [3.63, 3.8) is 0 Å². The Labute approximate surface area is 223 Å². The van der Waals surface area contributed by atoms with E-state index in [9.17, 15) is 13.2 Å². The van der Waals surface area contributed by atoms with Gasteiger partial charge in [-0.05, 0) is 38.2 Å². The summed E-state index contributed by atoms with van der Waals surface area (Å²) in [5.74, 6) is 2.41. The number of H-pyrrole nitrogens is 2. The van der Waals surface area contributed by atoms with Crippen molar-refractivity contribution in [1.29, 1.82) is 0 Å². The summed E-state index contributed by atoms with van der Waals surface area (Å²) in [7, 11) is 1.86. The second-order valence-electron chi connectivity index (χ2n) is 10.4. The summed E-state index contributed by atoms with van der Waals surface area (Å²) in [6.07, 6.45) is 0.494. The lowest BCUT2D eigenvalue weighted by Gasteiger charge is -2.26. The van der Waals surface area contributed by atoms with Crippen LogP contribution >= 0.6 is 0 Å². The van der Waals surface area contributed by atoms with Crippen LogP contribution in [0.15, 0.2) is 36.2 Å². The largest absolute Gasteiger partial charge is 0.401 e. The molecule has 4 aromatic rings. The molecule has 0 unspecified atom stereocenters. The molecule has 1 fully saturated rings. The summed E-state index contributed by atoms with van der Waals surface area (Å²) < 4.78 is 40.1. The molecule has 0 amide bonds. The summed E-state index contributed by atoms with van der Waals surface area (Å²) in [4.78, 5) is 14.0. The molecule has 2 aliphatic rings. The fourth-order valence-electron chi connectivity index (χ4n) is 5.23. The van der Waals surface area contributed by atoms with Gasteiger partial charge in [-0.3, -0.25) is 10.00 Å². The normalized spacial score (nSPS) is 16.8. The standard InChI is InChI=1S/C27H30F3N9/c1-15-20(12-31-36-15)23(17-4-5-17)16(2)32-26-35-25(37-38(26)3)19-8-6-18(7-9-19)24-33-21-10-11-39(13-22(21)34-24)14-27(28,29)30/h6-9,12,17H,4-5,10-11,13-14H2,1-3H3,(H,31,36)(H,33,34)(H,32,35,37)/b23-16+. The van der Waals surface area contributed by atoms with Crippen LogP contribution in [0.2, 0.25) is 0 Å². The van der Waals surface area contributed by atoms with E-state index in [2.05, 4.69) is 37.5 Å². The van der Waals surface area contributed by atoms with Crippen LogP contribution in [0.1, 0.15) is 42.4 Å². The van der Waals surface area contributed by atoms with Gasteiger partial charge in [-0.25, -0.2) is 9.67 Å². The molecule has 1 aromatic carbocycles. The highest BCUT2D eigenvalue weighted by Gasteiger charge is 2.33. The number of halogens is 3. The number of allylic oxidation sites excluding steroid dienone is 2. The highest BCUT2D eigenvalue weighted by atomic mass is 19.4. The summed E-state index contributed by atoms with van der Waals surface area (Å²) >= 11 is 0. The minimum absolute atomic E-state index is 0.212. The Morgan fingerprint density at radius 2 is 1.87 bits per heavy atom. The van der Waals surface area contributed by atoms with Gasteiger partial charge in [-0.2, -0.15) is 23.3 Å². The number of aryl methyl sites for hydroxylation is 2. The van der Waals surface area contributed by atoms with E-state index >= 15 is 0 Å². The van der Waals surface area contributed by atoms with E-state index < -0.39 is 12.7 Å². The molecule has 0 spiro atoms. The first-order valence-electron chi connectivity index (χ1n) is 13.0. The Balaban J connectivity index is 1.19. The van der Waals surface area contributed by atoms with Crippen LogP contribution in [-0.4, -0.2) is 59.1 Å². The van der Waals surface area contributed by atoms with Gasteiger partial charge in [0.2, 0.25) is 5.95 Å². The molecule has 9 nitrogen and oxygen atoms in total. The fraction of sp³-hybridized carbons (Fsp3) is 0.407. The highest BCUT2D eigenvalue weighted by Crippen LogP contribution is 2.44. The summed E-state index contributed by atoms with van der Waals surface area (Å²) in [5.41, 5.74) is 7.76. The van der Waals surface area contributed by atoms with E-state index in [-0.39, 0.29) is 6.54 Å². The van der Waals surface area contributed by atoms with Gasteiger partial charge in [0.05, 0.1) is 24.1 Å². The number of rotatable bonds is 7. The van der Waals surface area contributed by atoms with Gasteiger partial charge in [0.15, 0.2) is 5.82 Å². The van der Waals surface area contributed by atoms with Crippen LogP contribution in [0.25, 0.3) is 28.3 Å². The van der Waals surface area contributed by atoms with Gasteiger partial charge >= 0.3 is 6.18 Å². The zero-order valence-electron chi connectivity index (χ0n) is 22.0. The molecule has 1 aliphatic carbocycles. The average molecular weight is 538 g/mol. The van der Waals surface area contributed by atoms with Gasteiger partial charge in [0.25, 0.3) is 0 Å². The minimum atomic E-state index is -4.21. The smallest absolute Gasteiger partial charge is 0.341 e. The first kappa shape index (κ1) is 25.4. The predicted octanol–water partition coefficient (Wildman–Crippen LogP) is 5.08. The number of aromatic amines is 2. The van der Waals surface area contributed by atoms with Crippen molar-refractivity contribution in [3.05, 3.63) is 58.8 Å². The second-order valence-corrected chi connectivity index (χ2v) is 10.4. The van der Waals surface area contributed by atoms with Crippen LogP contribution in [-0.2, 0) is 20.0 Å². The molecule has 1 saturated carbocycles. The van der Waals surface area contributed by atoms with Crippen LogP contribution in [0, 0.1) is 12.8 Å². The molecule has 3 aromatic heterocycles. The highest BCUT2D eigenvalue weighted by molar-refractivity contribution is 5.75. The topological polar surface area (TPSA) is 103 Å². The zero-order chi connectivity index (χ0) is 27.3. The molecule has 4 heterocycles. The molecular formula is C27H30F3N9. The number of hydrogen-bond donors (Lipinski definition) is 3. The third-order valence-electron chi connectivity index (χ3n) is 7.30. The van der Waals surface area contributed by atoms with Crippen molar-refractivity contribution in [2.45, 2.75) is 45.8 Å². The van der Waals surface area contributed by atoms with Crippen molar-refractivity contribution < 1.29 is 13.2 Å². The maximum Gasteiger partial charge on any atom is 0.401 e. The maximum absolute atomic E-state index is 12.8. The van der Waals surface area contributed by atoms with Gasteiger partial charge < -0.3 is 10.3 Å². The Morgan fingerprint density at radius 1 is 1.13 bits per heavy atom. The van der Waals surface area contributed by atoms with E-state index in [1.807, 2.05) is 44.4 Å². The number of benzene rings is 1. The van der Waals surface area contributed by atoms with Crippen molar-refractivity contribution in [2.24, 2.45) is 13.0 Å². The SMILES string of the molecule is C/C(Nc1nc(-c2ccc(-c3nc4c([nH]3)CN(CC(F)(F)F)CC4)cc2)nn1C)=C(\c1cn[nH]c1C)C1CC1. The quantitative estimate of drug-likeness (QED) is 0.304. The maximum atomic E-state index is 12.8. The molecule has 6 rings (SSSR count). The van der Waals surface area contributed by atoms with Crippen molar-refractivity contribution >= 4 is 11.5 Å². The third-order valence-corrected chi connectivity index (χ3v) is 7.30. The number of imidazole rings is 1. The lowest BCUT2D eigenvalue weighted by Crippen LogP contribution is -2.38. The number of aromatic nitrogens is 7. The van der Waals surface area contributed by atoms with Crippen LogP contribution in [0.5, 0.6) is 0 Å². The Morgan fingerprint density at radius 3 is 2.54 bits per heavy atom. The van der Waals surface area contributed by atoms with Crippen LogP contribution in [0.4, 0.5) is 19.1 Å². The lowest BCUT2D eigenvalue weighted by atomic mass is 10.0. The van der Waals surface area contributed by atoms with Crippen LogP contribution in [0.3, 0.4) is 0 Å². The first-order chi connectivity index (χ1) is 18.6. The molecule has 3 N–H and O–H groups in total. The molecule has 0 radical (unpaired) electrons. The summed E-state index contributed by atoms with van der Waals surface area (Å²) in [6.45, 7) is 3.74. The number of fused-ring (bicyclic) bond motifs is 1. The van der Waals surface area contributed by atoms with E-state index in [0.29, 0.717) is 36.5 Å². The van der Waals surface area contributed by atoms with Crippen molar-refractivity contribution in [1.82, 2.24) is 39.8 Å². The molecule has 0 atom stereocenters. The Bertz CT molecular complexity index is 1520. The molecule has 204 valence electrons. The van der Waals surface area contributed by atoms with E-state index in [1.165, 1.54) is 23.3 Å². The number of anilines is 1. The molecule has 39 heavy (non-hydrogen) atoms. The monoisotopic (exact) mass is 537 g/mol. The molecule has 0 saturated heterocycles. The van der Waals surface area contributed by atoms with Gasteiger partial charge in [-0.1, -0.05) is 24.3 Å². The van der Waals surface area contributed by atoms with Gasteiger partial charge in [0.1, 0.15) is 5.82 Å². The number of nitrogens with one attached hydrogen (secondary N) is 3. The first-order valence-corrected chi connectivity index (χ1v) is 13.0. The molecule has 12 heteroatoms. The molecular weight excluding hydrogens is 507 g/mol. The molecule has 1 aliphatic heterocycles. The van der Waals surface area contributed by atoms with Crippen molar-refractivity contribution in [2.75, 3.05) is 18.4 Å². The average Bonchev–Trinajstić information content (AvgIpc) is 3.30.